The van der Waals surface area contributed by atoms with Crippen molar-refractivity contribution in [2.75, 3.05) is 11.6 Å². The summed E-state index contributed by atoms with van der Waals surface area (Å²) in [5.74, 6) is 1.06. The number of nitrogens with one attached hydrogen (secondary N) is 1. The van der Waals surface area contributed by atoms with E-state index in [4.69, 9.17) is 4.99 Å². The summed E-state index contributed by atoms with van der Waals surface area (Å²) in [5.41, 5.74) is 7.42. The van der Waals surface area contributed by atoms with E-state index in [0.717, 1.165) is 25.3 Å². The van der Waals surface area contributed by atoms with Gasteiger partial charge in [-0.05, 0) is 28.7 Å². The van der Waals surface area contributed by atoms with Gasteiger partial charge in [0.25, 0.3) is 0 Å². The zero-order valence-corrected chi connectivity index (χ0v) is 15.4. The van der Waals surface area contributed by atoms with Crippen molar-refractivity contribution >= 4 is 23.9 Å². The summed E-state index contributed by atoms with van der Waals surface area (Å²) < 4.78 is 0. The summed E-state index contributed by atoms with van der Waals surface area (Å²) in [7, 11) is 0. The van der Waals surface area contributed by atoms with E-state index >= 15 is 0 Å². The Morgan fingerprint density at radius 3 is 2.50 bits per heavy atom. The molecule has 0 unspecified atom stereocenters. The third-order valence-corrected chi connectivity index (χ3v) is 4.16. The number of anilines is 1. The molecule has 3 rings (SSSR count). The van der Waals surface area contributed by atoms with Crippen molar-refractivity contribution < 1.29 is 0 Å². The summed E-state index contributed by atoms with van der Waals surface area (Å²) >= 11 is 0. The molecule has 0 aromatic heterocycles. The molecule has 0 radical (unpaired) electrons. The monoisotopic (exact) mass is 343 g/mol. The molecule has 2 aromatic carbocycles. The number of hydrogen-bond donors (Lipinski definition) is 1. The van der Waals surface area contributed by atoms with Crippen LogP contribution in [0, 0.1) is 0 Å². The van der Waals surface area contributed by atoms with Gasteiger partial charge in [-0.15, -0.1) is 12.4 Å². The van der Waals surface area contributed by atoms with Gasteiger partial charge in [-0.25, -0.2) is 0 Å². The molecule has 1 aliphatic rings. The van der Waals surface area contributed by atoms with Crippen molar-refractivity contribution in [3.05, 3.63) is 65.7 Å². The van der Waals surface area contributed by atoms with Crippen molar-refractivity contribution in [3.8, 4) is 0 Å². The van der Waals surface area contributed by atoms with E-state index in [2.05, 4.69) is 79.7 Å². The Kier molecular flexibility index (Phi) is 5.89. The number of amidine groups is 1. The second kappa shape index (κ2) is 7.71. The first-order valence-electron chi connectivity index (χ1n) is 8.24. The molecular weight excluding hydrogens is 318 g/mol. The van der Waals surface area contributed by atoms with E-state index in [1.165, 1.54) is 16.8 Å². The Morgan fingerprint density at radius 1 is 1.04 bits per heavy atom. The van der Waals surface area contributed by atoms with Gasteiger partial charge in [-0.1, -0.05) is 63.2 Å². The summed E-state index contributed by atoms with van der Waals surface area (Å²) in [6.45, 7) is 8.43. The lowest BCUT2D eigenvalue weighted by atomic mass is 9.87. The third kappa shape index (κ3) is 4.51. The van der Waals surface area contributed by atoms with Crippen molar-refractivity contribution in [1.29, 1.82) is 0 Å². The maximum Gasteiger partial charge on any atom is 0.117 e. The Morgan fingerprint density at radius 2 is 1.79 bits per heavy atom. The molecule has 4 heteroatoms. The molecule has 1 heterocycles. The Balaban J connectivity index is 0.00000208. The molecule has 1 aliphatic heterocycles. The molecule has 0 spiro atoms. The summed E-state index contributed by atoms with van der Waals surface area (Å²) in [6, 6.07) is 19.1. The fourth-order valence-electron chi connectivity index (χ4n) is 2.70. The SMILES string of the molecule is CC(C)(C)c1cccc(N2CCC(=NCc3ccccc3)N2)c1.Cl. The Hall–Kier alpha value is -2.00. The number of hydrogen-bond acceptors (Lipinski definition) is 2. The molecule has 128 valence electrons. The van der Waals surface area contributed by atoms with Crippen LogP contribution in [-0.2, 0) is 12.0 Å². The second-order valence-corrected chi connectivity index (χ2v) is 7.06. The maximum atomic E-state index is 4.70. The smallest absolute Gasteiger partial charge is 0.117 e. The molecule has 0 atom stereocenters. The molecule has 0 amide bonds. The predicted octanol–water partition coefficient (Wildman–Crippen LogP) is 4.72. The number of halogens is 1. The van der Waals surface area contributed by atoms with Gasteiger partial charge in [0.1, 0.15) is 5.84 Å². The highest BCUT2D eigenvalue weighted by Gasteiger charge is 2.19. The van der Waals surface area contributed by atoms with Crippen LogP contribution in [0.4, 0.5) is 5.69 Å². The van der Waals surface area contributed by atoms with Crippen molar-refractivity contribution in [3.63, 3.8) is 0 Å². The van der Waals surface area contributed by atoms with Crippen molar-refractivity contribution in [1.82, 2.24) is 5.43 Å². The lowest BCUT2D eigenvalue weighted by molar-refractivity contribution is 0.590. The average molecular weight is 344 g/mol. The number of rotatable bonds is 3. The molecule has 0 bridgehead atoms. The van der Waals surface area contributed by atoms with E-state index in [1.807, 2.05) is 6.07 Å². The normalized spacial score (nSPS) is 16.0. The highest BCUT2D eigenvalue weighted by atomic mass is 35.5. The minimum Gasteiger partial charge on any atom is -0.286 e. The first-order valence-corrected chi connectivity index (χ1v) is 8.24. The zero-order chi connectivity index (χ0) is 16.3. The molecule has 2 aromatic rings. The van der Waals surface area contributed by atoms with E-state index in [1.54, 1.807) is 0 Å². The molecule has 1 fully saturated rings. The number of nitrogens with zero attached hydrogens (tertiary/aromatic N) is 2. The van der Waals surface area contributed by atoms with E-state index in [0.29, 0.717) is 0 Å². The number of hydrazine groups is 1. The molecule has 0 aliphatic carbocycles. The fourth-order valence-corrected chi connectivity index (χ4v) is 2.70. The molecule has 24 heavy (non-hydrogen) atoms. The first kappa shape index (κ1) is 18.3. The van der Waals surface area contributed by atoms with Gasteiger partial charge >= 0.3 is 0 Å². The lowest BCUT2D eigenvalue weighted by Gasteiger charge is -2.23. The quantitative estimate of drug-likeness (QED) is 0.873. The van der Waals surface area contributed by atoms with E-state index in [-0.39, 0.29) is 17.8 Å². The van der Waals surface area contributed by atoms with Gasteiger partial charge in [0.15, 0.2) is 0 Å². The van der Waals surface area contributed by atoms with Gasteiger partial charge < -0.3 is 0 Å². The molecule has 1 N–H and O–H groups in total. The van der Waals surface area contributed by atoms with Crippen molar-refractivity contribution in [2.24, 2.45) is 4.99 Å². The first-order chi connectivity index (χ1) is 11.0. The van der Waals surface area contributed by atoms with Crippen LogP contribution in [0.5, 0.6) is 0 Å². The van der Waals surface area contributed by atoms with Crippen LogP contribution >= 0.6 is 12.4 Å². The van der Waals surface area contributed by atoms with Crippen LogP contribution in [0.2, 0.25) is 0 Å². The van der Waals surface area contributed by atoms with Gasteiger partial charge in [0.2, 0.25) is 0 Å². The van der Waals surface area contributed by atoms with E-state index in [9.17, 15) is 0 Å². The molecule has 1 saturated heterocycles. The largest absolute Gasteiger partial charge is 0.286 e. The van der Waals surface area contributed by atoms with Gasteiger partial charge in [-0.2, -0.15) is 0 Å². The lowest BCUT2D eigenvalue weighted by Crippen LogP contribution is -2.33. The van der Waals surface area contributed by atoms with Crippen LogP contribution in [-0.4, -0.2) is 12.4 Å². The predicted molar refractivity (Wildman–Crippen MR) is 105 cm³/mol. The number of benzene rings is 2. The van der Waals surface area contributed by atoms with Gasteiger partial charge in [0, 0.05) is 13.0 Å². The highest BCUT2D eigenvalue weighted by Crippen LogP contribution is 2.26. The Labute approximate surface area is 151 Å². The minimum atomic E-state index is 0. The summed E-state index contributed by atoms with van der Waals surface area (Å²) in [5, 5.41) is 2.19. The topological polar surface area (TPSA) is 27.6 Å². The summed E-state index contributed by atoms with van der Waals surface area (Å²) in [4.78, 5) is 4.70. The van der Waals surface area contributed by atoms with Crippen LogP contribution in [0.25, 0.3) is 0 Å². The third-order valence-electron chi connectivity index (χ3n) is 4.16. The second-order valence-electron chi connectivity index (χ2n) is 7.06. The van der Waals surface area contributed by atoms with Crippen molar-refractivity contribution in [2.45, 2.75) is 39.2 Å². The van der Waals surface area contributed by atoms with Crippen LogP contribution < -0.4 is 10.4 Å². The van der Waals surface area contributed by atoms with Crippen LogP contribution in [0.15, 0.2) is 59.6 Å². The minimum absolute atomic E-state index is 0. The molecular formula is C20H26ClN3. The van der Waals surface area contributed by atoms with Crippen LogP contribution in [0.1, 0.15) is 38.3 Å². The zero-order valence-electron chi connectivity index (χ0n) is 14.6. The summed E-state index contributed by atoms with van der Waals surface area (Å²) in [6.07, 6.45) is 0.965. The van der Waals surface area contributed by atoms with Gasteiger partial charge in [-0.3, -0.25) is 15.4 Å². The van der Waals surface area contributed by atoms with E-state index < -0.39 is 0 Å². The molecule has 0 saturated carbocycles. The van der Waals surface area contributed by atoms with Crippen LogP contribution in [0.3, 0.4) is 0 Å². The standard InChI is InChI=1S/C20H25N3.ClH/c1-20(2,3)17-10-7-11-18(14-17)23-13-12-19(22-23)21-15-16-8-5-4-6-9-16;/h4-11,14H,12-13,15H2,1-3H3,(H,21,22);1H. The van der Waals surface area contributed by atoms with Gasteiger partial charge in [0.05, 0.1) is 12.2 Å². The maximum absolute atomic E-state index is 4.70. The molecule has 3 nitrogen and oxygen atoms in total. The average Bonchev–Trinajstić information content (AvgIpc) is 3.02. The highest BCUT2D eigenvalue weighted by molar-refractivity contribution is 5.87. The Bertz CT molecular complexity index is 690. The fraction of sp³-hybridized carbons (Fsp3) is 0.350. The number of aliphatic imine (C=N–C) groups is 1.